The Morgan fingerprint density at radius 2 is 1.71 bits per heavy atom. The van der Waals surface area contributed by atoms with Crippen molar-refractivity contribution in [1.29, 1.82) is 0 Å². The minimum atomic E-state index is -3.76. The number of nitrogens with one attached hydrogen (secondary N) is 1. The van der Waals surface area contributed by atoms with Crippen molar-refractivity contribution in [2.24, 2.45) is 5.10 Å². The normalized spacial score (nSPS) is 12.0. The van der Waals surface area contributed by atoms with Gasteiger partial charge in [-0.1, -0.05) is 25.3 Å². The fourth-order valence-electron chi connectivity index (χ4n) is 2.94. The van der Waals surface area contributed by atoms with Gasteiger partial charge in [-0.3, -0.25) is 9.10 Å². The average Bonchev–Trinajstić information content (AvgIpc) is 2.81. The van der Waals surface area contributed by atoms with E-state index in [9.17, 15) is 13.2 Å². The number of hydrogen-bond acceptors (Lipinski definition) is 7. The van der Waals surface area contributed by atoms with E-state index in [4.69, 9.17) is 14.2 Å². The van der Waals surface area contributed by atoms with Gasteiger partial charge in [-0.05, 0) is 43.3 Å². The number of ether oxygens (including phenoxy) is 3. The number of carbonyl (C=O) groups excluding carboxylic acids is 1. The van der Waals surface area contributed by atoms with E-state index >= 15 is 0 Å². The number of hydrazone groups is 1. The van der Waals surface area contributed by atoms with E-state index in [2.05, 4.69) is 23.7 Å². The first-order chi connectivity index (χ1) is 16.2. The molecule has 0 aliphatic rings. The maximum absolute atomic E-state index is 12.7. The smallest absolute Gasteiger partial charge is 0.263 e. The van der Waals surface area contributed by atoms with Crippen LogP contribution in [0.5, 0.6) is 17.2 Å². The molecule has 10 heteroatoms. The van der Waals surface area contributed by atoms with Gasteiger partial charge in [0, 0.05) is 11.6 Å². The fraction of sp³-hybridized carbons (Fsp3) is 0.250. The van der Waals surface area contributed by atoms with Gasteiger partial charge >= 0.3 is 0 Å². The van der Waals surface area contributed by atoms with Crippen molar-refractivity contribution in [3.8, 4) is 17.2 Å². The van der Waals surface area contributed by atoms with Gasteiger partial charge in [0.2, 0.25) is 10.0 Å². The van der Waals surface area contributed by atoms with Crippen LogP contribution in [0.25, 0.3) is 0 Å². The van der Waals surface area contributed by atoms with E-state index in [1.54, 1.807) is 54.6 Å². The van der Waals surface area contributed by atoms with Crippen LogP contribution >= 0.6 is 0 Å². The van der Waals surface area contributed by atoms with E-state index in [0.717, 1.165) is 10.6 Å². The van der Waals surface area contributed by atoms with Gasteiger partial charge in [0.15, 0.2) is 0 Å². The second-order valence-electron chi connectivity index (χ2n) is 7.07. The third-order valence-corrected chi connectivity index (χ3v) is 5.74. The van der Waals surface area contributed by atoms with Gasteiger partial charge in [0.05, 0.1) is 25.3 Å². The van der Waals surface area contributed by atoms with Crippen LogP contribution in [0.15, 0.2) is 72.9 Å². The average molecular weight is 488 g/mol. The summed E-state index contributed by atoms with van der Waals surface area (Å²) >= 11 is 0. The number of methoxy groups -OCH3 is 1. The summed E-state index contributed by atoms with van der Waals surface area (Å²) in [6.45, 7) is 9.32. The SMILES string of the molecule is C=CCOc1ccc(C=NNC(=O)C(C)N(c2ccc(OC)cc2)S(C)(=O)=O)c(OCC=C)c1. The lowest BCUT2D eigenvalue weighted by molar-refractivity contribution is -0.121. The second kappa shape index (κ2) is 12.4. The Hall–Kier alpha value is -3.79. The number of sulfonamides is 1. The maximum Gasteiger partial charge on any atom is 0.263 e. The van der Waals surface area contributed by atoms with E-state index in [0.29, 0.717) is 35.1 Å². The molecule has 34 heavy (non-hydrogen) atoms. The Kier molecular flexibility index (Phi) is 9.69. The van der Waals surface area contributed by atoms with Gasteiger partial charge < -0.3 is 14.2 Å². The predicted molar refractivity (Wildman–Crippen MR) is 133 cm³/mol. The molecule has 0 aliphatic heterocycles. The van der Waals surface area contributed by atoms with Crippen LogP contribution in [0.3, 0.4) is 0 Å². The zero-order valence-electron chi connectivity index (χ0n) is 19.4. The molecule has 1 N–H and O–H groups in total. The maximum atomic E-state index is 12.7. The van der Waals surface area contributed by atoms with Gasteiger partial charge in [0.1, 0.15) is 36.5 Å². The zero-order chi connectivity index (χ0) is 25.1. The topological polar surface area (TPSA) is 107 Å². The summed E-state index contributed by atoms with van der Waals surface area (Å²) in [6, 6.07) is 10.4. The summed E-state index contributed by atoms with van der Waals surface area (Å²) < 4.78 is 42.1. The molecule has 0 fully saturated rings. The van der Waals surface area contributed by atoms with Gasteiger partial charge in [-0.25, -0.2) is 13.8 Å². The summed E-state index contributed by atoms with van der Waals surface area (Å²) in [7, 11) is -2.25. The highest BCUT2D eigenvalue weighted by Gasteiger charge is 2.29. The predicted octanol–water partition coefficient (Wildman–Crippen LogP) is 3.13. The molecule has 0 aliphatic carbocycles. The monoisotopic (exact) mass is 487 g/mol. The van der Waals surface area contributed by atoms with Crippen LogP contribution in [0, 0.1) is 0 Å². The van der Waals surface area contributed by atoms with Crippen molar-refractivity contribution >= 4 is 27.8 Å². The molecule has 0 bridgehead atoms. The highest BCUT2D eigenvalue weighted by Crippen LogP contribution is 2.25. The Bertz CT molecular complexity index is 1130. The third-order valence-electron chi connectivity index (χ3n) is 4.50. The number of hydrogen-bond donors (Lipinski definition) is 1. The van der Waals surface area contributed by atoms with Crippen molar-refractivity contribution in [3.05, 3.63) is 73.3 Å². The third kappa shape index (κ3) is 7.38. The number of benzene rings is 2. The minimum absolute atomic E-state index is 0.264. The van der Waals surface area contributed by atoms with Gasteiger partial charge in [0.25, 0.3) is 5.91 Å². The summed E-state index contributed by atoms with van der Waals surface area (Å²) in [5.41, 5.74) is 3.29. The van der Waals surface area contributed by atoms with Crippen LogP contribution in [-0.4, -0.2) is 53.2 Å². The van der Waals surface area contributed by atoms with E-state index in [-0.39, 0.29) is 6.61 Å². The molecule has 1 amide bonds. The zero-order valence-corrected chi connectivity index (χ0v) is 20.2. The standard InChI is InChI=1S/C24H29N3O6S/c1-6-14-32-22-11-8-19(23(16-22)33-15-7-2)17-25-26-24(28)18(3)27(34(5,29)30)20-9-12-21(31-4)13-10-20/h6-13,16-18H,1-2,14-15H2,3-5H3,(H,26,28). The highest BCUT2D eigenvalue weighted by molar-refractivity contribution is 7.92. The Morgan fingerprint density at radius 1 is 1.09 bits per heavy atom. The van der Waals surface area contributed by atoms with Crippen LogP contribution in [0.4, 0.5) is 5.69 Å². The molecule has 182 valence electrons. The lowest BCUT2D eigenvalue weighted by Gasteiger charge is -2.27. The lowest BCUT2D eigenvalue weighted by atomic mass is 10.2. The van der Waals surface area contributed by atoms with Crippen LogP contribution in [0.2, 0.25) is 0 Å². The van der Waals surface area contributed by atoms with E-state index in [1.165, 1.54) is 20.2 Å². The molecular formula is C24H29N3O6S. The molecule has 0 saturated heterocycles. The van der Waals surface area contributed by atoms with Gasteiger partial charge in [-0.15, -0.1) is 0 Å². The molecule has 2 rings (SSSR count). The number of carbonyl (C=O) groups is 1. The Balaban J connectivity index is 2.19. The molecule has 1 atom stereocenters. The van der Waals surface area contributed by atoms with Crippen LogP contribution < -0.4 is 23.9 Å². The Morgan fingerprint density at radius 3 is 2.29 bits per heavy atom. The first-order valence-electron chi connectivity index (χ1n) is 10.3. The first kappa shape index (κ1) is 26.5. The summed E-state index contributed by atoms with van der Waals surface area (Å²) in [5.74, 6) is 1.01. The van der Waals surface area contributed by atoms with Crippen LogP contribution in [-0.2, 0) is 14.8 Å². The number of amides is 1. The number of anilines is 1. The van der Waals surface area contributed by atoms with Crippen molar-refractivity contribution in [2.75, 3.05) is 30.9 Å². The molecule has 2 aromatic carbocycles. The van der Waals surface area contributed by atoms with E-state index in [1.807, 2.05) is 0 Å². The van der Waals surface area contributed by atoms with Crippen LogP contribution in [0.1, 0.15) is 12.5 Å². The molecule has 0 radical (unpaired) electrons. The summed E-state index contributed by atoms with van der Waals surface area (Å²) in [6.07, 6.45) is 5.66. The van der Waals surface area contributed by atoms with Gasteiger partial charge in [-0.2, -0.15) is 5.10 Å². The second-order valence-corrected chi connectivity index (χ2v) is 8.93. The molecular weight excluding hydrogens is 458 g/mol. The molecule has 0 saturated carbocycles. The van der Waals surface area contributed by atoms with E-state index < -0.39 is 22.0 Å². The molecule has 2 aromatic rings. The lowest BCUT2D eigenvalue weighted by Crippen LogP contribution is -2.46. The van der Waals surface area contributed by atoms with Crippen molar-refractivity contribution < 1.29 is 27.4 Å². The molecule has 0 spiro atoms. The Labute approximate surface area is 200 Å². The van der Waals surface area contributed by atoms with Crippen molar-refractivity contribution in [2.45, 2.75) is 13.0 Å². The van der Waals surface area contributed by atoms with Crippen molar-refractivity contribution in [1.82, 2.24) is 5.43 Å². The molecule has 9 nitrogen and oxygen atoms in total. The summed E-state index contributed by atoms with van der Waals surface area (Å²) in [4.78, 5) is 12.7. The quantitative estimate of drug-likeness (QED) is 0.264. The largest absolute Gasteiger partial charge is 0.497 e. The first-order valence-corrected chi connectivity index (χ1v) is 12.1. The molecule has 0 heterocycles. The molecule has 0 aromatic heterocycles. The fourth-order valence-corrected chi connectivity index (χ4v) is 4.11. The minimum Gasteiger partial charge on any atom is -0.497 e. The number of rotatable bonds is 13. The molecule has 1 unspecified atom stereocenters. The summed E-state index contributed by atoms with van der Waals surface area (Å²) in [5, 5.41) is 3.98. The highest BCUT2D eigenvalue weighted by atomic mass is 32.2. The number of nitrogens with zero attached hydrogens (tertiary/aromatic N) is 2. The van der Waals surface area contributed by atoms with Crippen molar-refractivity contribution in [3.63, 3.8) is 0 Å².